The van der Waals surface area contributed by atoms with Crippen LogP contribution in [0.15, 0.2) is 24.3 Å². The Bertz CT molecular complexity index is 527. The molecule has 1 aromatic rings. The third kappa shape index (κ3) is 6.74. The third-order valence-electron chi connectivity index (χ3n) is 3.00. The lowest BCUT2D eigenvalue weighted by molar-refractivity contribution is -0.141. The van der Waals surface area contributed by atoms with Gasteiger partial charge < -0.3 is 20.8 Å². The maximum Gasteiger partial charge on any atom is 0.325 e. The molecule has 0 fully saturated rings. The number of rotatable bonds is 8. The Morgan fingerprint density at radius 3 is 2.27 bits per heavy atom. The molecular weight excluding hydrogens is 288 g/mol. The number of hydrogen-bond donors (Lipinski definition) is 4. The number of amides is 2. The van der Waals surface area contributed by atoms with E-state index in [0.717, 1.165) is 5.56 Å². The van der Waals surface area contributed by atoms with Crippen molar-refractivity contribution in [3.8, 4) is 5.75 Å². The van der Waals surface area contributed by atoms with E-state index in [-0.39, 0.29) is 24.5 Å². The number of aliphatic carboxylic acids is 1. The average Bonchev–Trinajstić information content (AvgIpc) is 2.47. The molecule has 1 atom stereocenters. The van der Waals surface area contributed by atoms with Crippen LogP contribution < -0.4 is 10.6 Å². The highest BCUT2D eigenvalue weighted by molar-refractivity contribution is 5.86. The first-order valence-corrected chi connectivity index (χ1v) is 6.95. The zero-order valence-corrected chi connectivity index (χ0v) is 12.3. The van der Waals surface area contributed by atoms with Crippen LogP contribution in [-0.4, -0.2) is 40.6 Å². The number of phenolic OH excluding ortho intramolecular Hbond substituents is 1. The third-order valence-corrected chi connectivity index (χ3v) is 3.00. The van der Waals surface area contributed by atoms with Crippen LogP contribution in [0.5, 0.6) is 5.75 Å². The highest BCUT2D eigenvalue weighted by Crippen LogP contribution is 2.09. The van der Waals surface area contributed by atoms with Crippen LogP contribution in [-0.2, 0) is 20.8 Å². The van der Waals surface area contributed by atoms with E-state index in [2.05, 4.69) is 10.6 Å². The Morgan fingerprint density at radius 2 is 1.68 bits per heavy atom. The van der Waals surface area contributed by atoms with E-state index in [1.165, 1.54) is 6.92 Å². The molecule has 0 saturated heterocycles. The summed E-state index contributed by atoms with van der Waals surface area (Å²) in [5, 5.41) is 22.7. The van der Waals surface area contributed by atoms with Crippen LogP contribution in [0.4, 0.5) is 0 Å². The first-order chi connectivity index (χ1) is 10.4. The summed E-state index contributed by atoms with van der Waals surface area (Å²) in [7, 11) is 0. The zero-order chi connectivity index (χ0) is 16.5. The number of nitrogens with one attached hydrogen (secondary N) is 2. The first kappa shape index (κ1) is 17.5. The standard InChI is InChI=1S/C15H20N2O5/c1-10(15(21)22)17-14(20)7-6-13(19)16-9-8-11-2-4-12(18)5-3-11/h2-5,10,18H,6-9H2,1H3,(H,16,19)(H,17,20)(H,21,22). The van der Waals surface area contributed by atoms with Gasteiger partial charge in [-0.05, 0) is 31.0 Å². The van der Waals surface area contributed by atoms with Crippen LogP contribution in [0.3, 0.4) is 0 Å². The van der Waals surface area contributed by atoms with Gasteiger partial charge in [0.2, 0.25) is 11.8 Å². The number of carbonyl (C=O) groups excluding carboxylic acids is 2. The summed E-state index contributed by atoms with van der Waals surface area (Å²) in [6.45, 7) is 1.79. The smallest absolute Gasteiger partial charge is 0.325 e. The van der Waals surface area contributed by atoms with Crippen LogP contribution in [0.2, 0.25) is 0 Å². The Hall–Kier alpha value is -2.57. The molecule has 7 nitrogen and oxygen atoms in total. The number of benzene rings is 1. The molecule has 4 N–H and O–H groups in total. The highest BCUT2D eigenvalue weighted by Gasteiger charge is 2.14. The molecule has 7 heteroatoms. The van der Waals surface area contributed by atoms with Crippen LogP contribution in [0, 0.1) is 0 Å². The van der Waals surface area contributed by atoms with E-state index in [1.54, 1.807) is 24.3 Å². The van der Waals surface area contributed by atoms with Crippen molar-refractivity contribution in [2.45, 2.75) is 32.2 Å². The molecule has 120 valence electrons. The van der Waals surface area contributed by atoms with Gasteiger partial charge in [0.15, 0.2) is 0 Å². The Balaban J connectivity index is 2.19. The SMILES string of the molecule is CC(NC(=O)CCC(=O)NCCc1ccc(O)cc1)C(=O)O. The van der Waals surface area contributed by atoms with Crippen LogP contribution >= 0.6 is 0 Å². The largest absolute Gasteiger partial charge is 0.508 e. The van der Waals surface area contributed by atoms with E-state index >= 15 is 0 Å². The average molecular weight is 308 g/mol. The Labute approximate surface area is 128 Å². The molecule has 0 aliphatic carbocycles. The molecule has 0 aliphatic heterocycles. The lowest BCUT2D eigenvalue weighted by Gasteiger charge is -2.09. The second-order valence-electron chi connectivity index (χ2n) is 4.89. The van der Waals surface area contributed by atoms with E-state index in [9.17, 15) is 14.4 Å². The topological polar surface area (TPSA) is 116 Å². The van der Waals surface area contributed by atoms with E-state index in [1.807, 2.05) is 0 Å². The van der Waals surface area contributed by atoms with Gasteiger partial charge in [0, 0.05) is 19.4 Å². The van der Waals surface area contributed by atoms with Crippen LogP contribution in [0.25, 0.3) is 0 Å². The molecule has 0 saturated carbocycles. The normalized spacial score (nSPS) is 11.5. The lowest BCUT2D eigenvalue weighted by atomic mass is 10.1. The van der Waals surface area contributed by atoms with E-state index in [4.69, 9.17) is 10.2 Å². The van der Waals surface area contributed by atoms with Crippen molar-refractivity contribution in [2.24, 2.45) is 0 Å². The number of carbonyl (C=O) groups is 3. The van der Waals surface area contributed by atoms with Crippen molar-refractivity contribution in [3.63, 3.8) is 0 Å². The summed E-state index contributed by atoms with van der Waals surface area (Å²) >= 11 is 0. The maximum atomic E-state index is 11.6. The molecule has 0 radical (unpaired) electrons. The fourth-order valence-electron chi connectivity index (χ4n) is 1.70. The Kier molecular flexibility index (Phi) is 6.88. The maximum absolute atomic E-state index is 11.6. The summed E-state index contributed by atoms with van der Waals surface area (Å²) in [6, 6.07) is 5.71. The van der Waals surface area contributed by atoms with Crippen molar-refractivity contribution in [1.29, 1.82) is 0 Å². The van der Waals surface area contributed by atoms with Gasteiger partial charge in [0.25, 0.3) is 0 Å². The summed E-state index contributed by atoms with van der Waals surface area (Å²) in [4.78, 5) is 33.5. The van der Waals surface area contributed by atoms with Gasteiger partial charge in [-0.3, -0.25) is 14.4 Å². The second kappa shape index (κ2) is 8.66. The predicted molar refractivity (Wildman–Crippen MR) is 79.3 cm³/mol. The van der Waals surface area contributed by atoms with Crippen molar-refractivity contribution in [1.82, 2.24) is 10.6 Å². The Morgan fingerprint density at radius 1 is 1.09 bits per heavy atom. The quantitative estimate of drug-likeness (QED) is 0.555. The van der Waals surface area contributed by atoms with Gasteiger partial charge in [-0.15, -0.1) is 0 Å². The number of carboxylic acid groups (broad SMARTS) is 1. The molecule has 2 amide bonds. The van der Waals surface area contributed by atoms with Crippen LogP contribution in [0.1, 0.15) is 25.3 Å². The van der Waals surface area contributed by atoms with Gasteiger partial charge in [-0.25, -0.2) is 0 Å². The molecule has 0 bridgehead atoms. The minimum absolute atomic E-state index is 0.00769. The number of phenols is 1. The van der Waals surface area contributed by atoms with Crippen molar-refractivity contribution in [2.75, 3.05) is 6.54 Å². The zero-order valence-electron chi connectivity index (χ0n) is 12.3. The molecule has 1 unspecified atom stereocenters. The number of aromatic hydroxyl groups is 1. The van der Waals surface area contributed by atoms with Gasteiger partial charge in [0.1, 0.15) is 11.8 Å². The van der Waals surface area contributed by atoms with Gasteiger partial charge in [-0.2, -0.15) is 0 Å². The van der Waals surface area contributed by atoms with E-state index in [0.29, 0.717) is 13.0 Å². The minimum Gasteiger partial charge on any atom is -0.508 e. The fraction of sp³-hybridized carbons (Fsp3) is 0.400. The molecule has 1 aromatic carbocycles. The molecule has 0 heterocycles. The highest BCUT2D eigenvalue weighted by atomic mass is 16.4. The summed E-state index contributed by atoms with van der Waals surface area (Å²) in [5.41, 5.74) is 0.978. The molecular formula is C15H20N2O5. The molecule has 1 rings (SSSR count). The summed E-state index contributed by atoms with van der Waals surface area (Å²) in [5.74, 6) is -1.67. The van der Waals surface area contributed by atoms with Crippen molar-refractivity contribution >= 4 is 17.8 Å². The minimum atomic E-state index is -1.12. The monoisotopic (exact) mass is 308 g/mol. The molecule has 0 aliphatic rings. The van der Waals surface area contributed by atoms with Gasteiger partial charge in [0.05, 0.1) is 0 Å². The van der Waals surface area contributed by atoms with Crippen molar-refractivity contribution in [3.05, 3.63) is 29.8 Å². The van der Waals surface area contributed by atoms with Gasteiger partial charge >= 0.3 is 5.97 Å². The van der Waals surface area contributed by atoms with Gasteiger partial charge in [-0.1, -0.05) is 12.1 Å². The summed E-state index contributed by atoms with van der Waals surface area (Å²) < 4.78 is 0. The second-order valence-corrected chi connectivity index (χ2v) is 4.89. The molecule has 0 spiro atoms. The molecule has 22 heavy (non-hydrogen) atoms. The summed E-state index contributed by atoms with van der Waals surface area (Å²) in [6.07, 6.45) is 0.574. The number of hydrogen-bond acceptors (Lipinski definition) is 4. The number of carboxylic acids is 1. The fourth-order valence-corrected chi connectivity index (χ4v) is 1.70. The van der Waals surface area contributed by atoms with Crippen molar-refractivity contribution < 1.29 is 24.6 Å². The molecule has 0 aromatic heterocycles. The van der Waals surface area contributed by atoms with E-state index < -0.39 is 17.9 Å². The predicted octanol–water partition coefficient (Wildman–Crippen LogP) is 0.420. The lowest BCUT2D eigenvalue weighted by Crippen LogP contribution is -2.38. The first-order valence-electron chi connectivity index (χ1n) is 6.95.